The molecule has 1 aliphatic rings. The van der Waals surface area contributed by atoms with Gasteiger partial charge in [0.2, 0.25) is 5.91 Å². The van der Waals surface area contributed by atoms with Gasteiger partial charge >= 0.3 is 0 Å². The number of amides is 1. The van der Waals surface area contributed by atoms with Gasteiger partial charge in [-0.15, -0.1) is 0 Å². The summed E-state index contributed by atoms with van der Waals surface area (Å²) in [6, 6.07) is 14.4. The first-order valence-corrected chi connectivity index (χ1v) is 8.65. The normalized spacial score (nSPS) is 17.2. The van der Waals surface area contributed by atoms with E-state index in [1.807, 2.05) is 18.2 Å². The molecular formula is C19H21ClFN3O. The van der Waals surface area contributed by atoms with Crippen molar-refractivity contribution in [1.29, 1.82) is 0 Å². The molecular weight excluding hydrogens is 341 g/mol. The van der Waals surface area contributed by atoms with Gasteiger partial charge in [0, 0.05) is 30.3 Å². The first-order valence-electron chi connectivity index (χ1n) is 8.27. The lowest BCUT2D eigenvalue weighted by Crippen LogP contribution is -2.57. The van der Waals surface area contributed by atoms with Gasteiger partial charge in [-0.25, -0.2) is 4.39 Å². The van der Waals surface area contributed by atoms with Crippen LogP contribution in [0.25, 0.3) is 0 Å². The smallest absolute Gasteiger partial charge is 0.243 e. The Morgan fingerprint density at radius 2 is 1.88 bits per heavy atom. The number of hydrogen-bond donors (Lipinski definition) is 2. The molecule has 1 aliphatic heterocycles. The minimum atomic E-state index is -0.885. The van der Waals surface area contributed by atoms with Crippen LogP contribution in [-0.2, 0) is 11.3 Å². The molecule has 2 aromatic carbocycles. The average molecular weight is 362 g/mol. The van der Waals surface area contributed by atoms with Crippen LogP contribution in [0.5, 0.6) is 0 Å². The van der Waals surface area contributed by atoms with Crippen LogP contribution in [0.4, 0.5) is 10.1 Å². The van der Waals surface area contributed by atoms with E-state index in [0.29, 0.717) is 18.5 Å². The van der Waals surface area contributed by atoms with Gasteiger partial charge in [-0.3, -0.25) is 9.69 Å². The molecule has 1 heterocycles. The van der Waals surface area contributed by atoms with E-state index in [2.05, 4.69) is 22.3 Å². The van der Waals surface area contributed by atoms with E-state index >= 15 is 0 Å². The Labute approximate surface area is 151 Å². The number of nitrogens with zero attached hydrogens (tertiary/aromatic N) is 1. The maximum atomic E-state index is 13.6. The molecule has 3 N–H and O–H groups in total. The van der Waals surface area contributed by atoms with Crippen molar-refractivity contribution in [2.75, 3.05) is 18.4 Å². The summed E-state index contributed by atoms with van der Waals surface area (Å²) < 4.78 is 13.6. The molecule has 132 valence electrons. The lowest BCUT2D eigenvalue weighted by molar-refractivity contribution is -0.123. The van der Waals surface area contributed by atoms with Gasteiger partial charge in [0.1, 0.15) is 11.4 Å². The minimum Gasteiger partial charge on any atom is -0.371 e. The Bertz CT molecular complexity index is 725. The molecule has 0 aromatic heterocycles. The van der Waals surface area contributed by atoms with E-state index in [1.54, 1.807) is 6.07 Å². The summed E-state index contributed by atoms with van der Waals surface area (Å²) in [4.78, 5) is 14.4. The molecule has 3 rings (SSSR count). The van der Waals surface area contributed by atoms with Crippen LogP contribution in [0.2, 0.25) is 5.02 Å². The van der Waals surface area contributed by atoms with Crippen molar-refractivity contribution < 1.29 is 9.18 Å². The van der Waals surface area contributed by atoms with E-state index in [1.165, 1.54) is 17.7 Å². The van der Waals surface area contributed by atoms with Gasteiger partial charge in [-0.05, 0) is 36.6 Å². The van der Waals surface area contributed by atoms with Crippen molar-refractivity contribution >= 4 is 23.2 Å². The number of anilines is 1. The molecule has 0 radical (unpaired) electrons. The summed E-state index contributed by atoms with van der Waals surface area (Å²) in [5.74, 6) is -0.872. The molecule has 6 heteroatoms. The number of primary amides is 1. The summed E-state index contributed by atoms with van der Waals surface area (Å²) in [6.45, 7) is 2.29. The van der Waals surface area contributed by atoms with Crippen LogP contribution >= 0.6 is 11.6 Å². The third kappa shape index (κ3) is 4.30. The van der Waals surface area contributed by atoms with Crippen molar-refractivity contribution in [2.24, 2.45) is 5.73 Å². The predicted molar refractivity (Wildman–Crippen MR) is 97.9 cm³/mol. The Balaban J connectivity index is 1.69. The standard InChI is InChI=1S/C19H21ClFN3O/c20-15-10-16(21)12-17(11-15)23-19(18(22)25)6-8-24(9-7-19)13-14-4-2-1-3-5-14/h1-5,10-12,23H,6-9,13H2,(H2,22,25). The fourth-order valence-electron chi connectivity index (χ4n) is 3.27. The number of hydrogen-bond acceptors (Lipinski definition) is 3. The van der Waals surface area contributed by atoms with E-state index in [0.717, 1.165) is 19.6 Å². The number of likely N-dealkylation sites (tertiary alicyclic amines) is 1. The van der Waals surface area contributed by atoms with E-state index in [-0.39, 0.29) is 5.02 Å². The SMILES string of the molecule is NC(=O)C1(Nc2cc(F)cc(Cl)c2)CCN(Cc2ccccc2)CC1. The van der Waals surface area contributed by atoms with Crippen LogP contribution in [0.15, 0.2) is 48.5 Å². The number of piperidine rings is 1. The molecule has 2 aromatic rings. The molecule has 1 fully saturated rings. The highest BCUT2D eigenvalue weighted by Gasteiger charge is 2.40. The van der Waals surface area contributed by atoms with Crippen LogP contribution in [0, 0.1) is 5.82 Å². The van der Waals surface area contributed by atoms with Gasteiger partial charge in [0.25, 0.3) is 0 Å². The van der Waals surface area contributed by atoms with Crippen LogP contribution in [-0.4, -0.2) is 29.4 Å². The van der Waals surface area contributed by atoms with E-state index in [4.69, 9.17) is 17.3 Å². The van der Waals surface area contributed by atoms with Gasteiger partial charge in [-0.2, -0.15) is 0 Å². The molecule has 25 heavy (non-hydrogen) atoms. The molecule has 0 saturated carbocycles. The van der Waals surface area contributed by atoms with E-state index < -0.39 is 17.3 Å². The van der Waals surface area contributed by atoms with Gasteiger partial charge in [0.15, 0.2) is 0 Å². The Morgan fingerprint density at radius 1 is 1.20 bits per heavy atom. The predicted octanol–water partition coefficient (Wildman–Crippen LogP) is 3.41. The summed E-state index contributed by atoms with van der Waals surface area (Å²) in [5.41, 5.74) is 6.50. The van der Waals surface area contributed by atoms with Crippen molar-refractivity contribution in [3.8, 4) is 0 Å². The number of nitrogens with one attached hydrogen (secondary N) is 1. The maximum absolute atomic E-state index is 13.6. The highest BCUT2D eigenvalue weighted by molar-refractivity contribution is 6.30. The van der Waals surface area contributed by atoms with Crippen LogP contribution in [0.3, 0.4) is 0 Å². The fraction of sp³-hybridized carbons (Fsp3) is 0.316. The van der Waals surface area contributed by atoms with Gasteiger partial charge in [0.05, 0.1) is 0 Å². The van der Waals surface area contributed by atoms with Gasteiger partial charge < -0.3 is 11.1 Å². The number of rotatable bonds is 5. The molecule has 4 nitrogen and oxygen atoms in total. The summed E-state index contributed by atoms with van der Waals surface area (Å²) in [6.07, 6.45) is 1.12. The zero-order valence-corrected chi connectivity index (χ0v) is 14.6. The number of nitrogens with two attached hydrogens (primary N) is 1. The Morgan fingerprint density at radius 3 is 2.48 bits per heavy atom. The summed E-state index contributed by atoms with van der Waals surface area (Å²) >= 11 is 5.90. The molecule has 1 saturated heterocycles. The molecule has 0 unspecified atom stereocenters. The minimum absolute atomic E-state index is 0.281. The first-order chi connectivity index (χ1) is 12.0. The highest BCUT2D eigenvalue weighted by atomic mass is 35.5. The summed E-state index contributed by atoms with van der Waals surface area (Å²) in [7, 11) is 0. The lowest BCUT2D eigenvalue weighted by atomic mass is 9.86. The third-order valence-electron chi connectivity index (χ3n) is 4.68. The first kappa shape index (κ1) is 17.7. The molecule has 0 aliphatic carbocycles. The maximum Gasteiger partial charge on any atom is 0.243 e. The van der Waals surface area contributed by atoms with Gasteiger partial charge in [-0.1, -0.05) is 41.9 Å². The summed E-state index contributed by atoms with van der Waals surface area (Å²) in [5, 5.41) is 3.42. The second-order valence-electron chi connectivity index (χ2n) is 6.49. The van der Waals surface area contributed by atoms with E-state index in [9.17, 15) is 9.18 Å². The zero-order valence-electron chi connectivity index (χ0n) is 13.8. The Kier molecular flexibility index (Phi) is 5.25. The second-order valence-corrected chi connectivity index (χ2v) is 6.93. The highest BCUT2D eigenvalue weighted by Crippen LogP contribution is 2.29. The zero-order chi connectivity index (χ0) is 17.9. The van der Waals surface area contributed by atoms with Crippen molar-refractivity contribution in [3.05, 3.63) is 64.9 Å². The number of halogens is 2. The second kappa shape index (κ2) is 7.42. The monoisotopic (exact) mass is 361 g/mol. The average Bonchev–Trinajstić information content (AvgIpc) is 2.56. The topological polar surface area (TPSA) is 58.4 Å². The number of benzene rings is 2. The van der Waals surface area contributed by atoms with Crippen molar-refractivity contribution in [3.63, 3.8) is 0 Å². The van der Waals surface area contributed by atoms with Crippen molar-refractivity contribution in [1.82, 2.24) is 4.90 Å². The number of carbonyl (C=O) groups excluding carboxylic acids is 1. The number of carbonyl (C=O) groups is 1. The molecule has 0 spiro atoms. The van der Waals surface area contributed by atoms with Crippen molar-refractivity contribution in [2.45, 2.75) is 24.9 Å². The molecule has 0 atom stereocenters. The third-order valence-corrected chi connectivity index (χ3v) is 4.89. The van der Waals surface area contributed by atoms with Crippen LogP contribution < -0.4 is 11.1 Å². The molecule has 0 bridgehead atoms. The quantitative estimate of drug-likeness (QED) is 0.858. The Hall–Kier alpha value is -2.11. The van der Waals surface area contributed by atoms with Crippen LogP contribution in [0.1, 0.15) is 18.4 Å². The molecule has 1 amide bonds. The largest absolute Gasteiger partial charge is 0.371 e. The fourth-order valence-corrected chi connectivity index (χ4v) is 3.49. The lowest BCUT2D eigenvalue weighted by Gasteiger charge is -2.40.